The third kappa shape index (κ3) is 67.1. The number of methoxy groups -OCH3 is 8. The minimum absolute atomic E-state index is 0.0451. The molecule has 2 rings (SSSR count). The van der Waals surface area contributed by atoms with Crippen LogP contribution >= 0.6 is 0 Å². The highest BCUT2D eigenvalue weighted by molar-refractivity contribution is 5.73. The molecule has 0 heterocycles. The van der Waals surface area contributed by atoms with Crippen LogP contribution in [0, 0.1) is 29.1 Å². The number of carbonyl (C=O) groups excluding carboxylic acids is 2. The molecule has 0 spiro atoms. The summed E-state index contributed by atoms with van der Waals surface area (Å²) in [5.74, 6) is 0.611. The van der Waals surface area contributed by atoms with Gasteiger partial charge in [0.1, 0.15) is 6.23 Å². The fraction of sp³-hybridized carbons (Fsp3) is 0.886. The maximum atomic E-state index is 11.2. The van der Waals surface area contributed by atoms with Crippen molar-refractivity contribution in [2.24, 2.45) is 22.2 Å². The van der Waals surface area contributed by atoms with E-state index in [9.17, 15) is 30.0 Å². The van der Waals surface area contributed by atoms with Crippen LogP contribution < -0.4 is 16.0 Å². The molecule has 0 radical (unpaired) electrons. The largest absolute Gasteiger partial charge is 0.393 e. The van der Waals surface area contributed by atoms with E-state index >= 15 is 0 Å². The number of nitrogens with zero attached hydrogens (tertiary/aromatic N) is 3. The Hall–Kier alpha value is -2.68. The van der Waals surface area contributed by atoms with Crippen molar-refractivity contribution in [3.8, 4) is 0 Å². The monoisotopic (exact) mass is 1310 g/mol. The van der Waals surface area contributed by atoms with Crippen molar-refractivity contribution in [2.45, 2.75) is 223 Å². The molecule has 2 amide bonds. The van der Waals surface area contributed by atoms with Crippen molar-refractivity contribution in [3.63, 3.8) is 0 Å². The predicted molar refractivity (Wildman–Crippen MR) is 375 cm³/mol. The van der Waals surface area contributed by atoms with Gasteiger partial charge in [0, 0.05) is 115 Å². The zero-order valence-corrected chi connectivity index (χ0v) is 63.5. The Bertz CT molecular complexity index is 1790. The van der Waals surface area contributed by atoms with E-state index in [-0.39, 0.29) is 76.8 Å². The summed E-state index contributed by atoms with van der Waals surface area (Å²) in [7, 11) is 23.7. The Morgan fingerprint density at radius 1 is 0.659 bits per heavy atom. The third-order valence-electron chi connectivity index (χ3n) is 14.6. The molecule has 1 fully saturated rings. The molecule has 1 aliphatic rings. The van der Waals surface area contributed by atoms with E-state index < -0.39 is 6.23 Å². The summed E-state index contributed by atoms with van der Waals surface area (Å²) in [5.41, 5.74) is 3.85. The molecular formula is C70H146N6O15. The summed E-state index contributed by atoms with van der Waals surface area (Å²) in [6.07, 6.45) is 9.31. The molecule has 1 aromatic carbocycles. The van der Waals surface area contributed by atoms with E-state index in [2.05, 4.69) is 79.2 Å². The van der Waals surface area contributed by atoms with Crippen LogP contribution in [-0.2, 0) is 58.6 Å². The van der Waals surface area contributed by atoms with E-state index in [0.717, 1.165) is 114 Å². The third-order valence-corrected chi connectivity index (χ3v) is 14.6. The van der Waals surface area contributed by atoms with E-state index in [1.165, 1.54) is 6.42 Å². The van der Waals surface area contributed by atoms with Crippen LogP contribution in [0.4, 0.5) is 5.69 Å². The first kappa shape index (κ1) is 97.0. The number of benzene rings is 1. The summed E-state index contributed by atoms with van der Waals surface area (Å²) in [6, 6.07) is 6.23. The Balaban J connectivity index is -0.000000321. The number of ether oxygens (including phenoxy) is 9. The quantitative estimate of drug-likeness (QED) is 0.0306. The van der Waals surface area contributed by atoms with Gasteiger partial charge in [-0.05, 0) is 181 Å². The van der Waals surface area contributed by atoms with E-state index in [1.807, 2.05) is 81.0 Å². The van der Waals surface area contributed by atoms with Gasteiger partial charge in [0.2, 0.25) is 11.8 Å². The molecule has 7 N–H and O–H groups in total. The maximum absolute atomic E-state index is 11.2. The fourth-order valence-corrected chi connectivity index (χ4v) is 10.4. The van der Waals surface area contributed by atoms with Crippen LogP contribution in [0.5, 0.6) is 0 Å². The molecule has 91 heavy (non-hydrogen) atoms. The zero-order valence-electron chi connectivity index (χ0n) is 63.5. The van der Waals surface area contributed by atoms with Crippen molar-refractivity contribution in [2.75, 3.05) is 170 Å². The second kappa shape index (κ2) is 58.7. The number of amides is 2. The number of hydrogen-bond acceptors (Lipinski definition) is 19. The minimum atomic E-state index is -0.564. The first-order valence-corrected chi connectivity index (χ1v) is 33.0. The highest BCUT2D eigenvalue weighted by Crippen LogP contribution is 2.48. The van der Waals surface area contributed by atoms with Crippen molar-refractivity contribution in [1.82, 2.24) is 25.3 Å². The van der Waals surface area contributed by atoms with Crippen molar-refractivity contribution in [3.05, 3.63) is 29.3 Å². The molecule has 0 bridgehead atoms. The molecule has 0 saturated heterocycles. The van der Waals surface area contributed by atoms with Crippen LogP contribution in [0.3, 0.4) is 0 Å². The van der Waals surface area contributed by atoms with Gasteiger partial charge in [-0.3, -0.25) is 9.59 Å². The van der Waals surface area contributed by atoms with Crippen LogP contribution in [-0.4, -0.2) is 266 Å². The summed E-state index contributed by atoms with van der Waals surface area (Å²) in [5, 5.41) is 46.1. The topological polar surface area (TPSA) is 244 Å². The van der Waals surface area contributed by atoms with Crippen LogP contribution in [0.25, 0.3) is 0 Å². The normalized spacial score (nSPS) is 18.1. The Labute approximate surface area is 557 Å². The molecule has 546 valence electrons. The van der Waals surface area contributed by atoms with Crippen LogP contribution in [0.2, 0.25) is 0 Å². The first-order chi connectivity index (χ1) is 42.2. The highest BCUT2D eigenvalue weighted by atomic mass is 16.6. The van der Waals surface area contributed by atoms with Gasteiger partial charge in [-0.2, -0.15) is 0 Å². The fourth-order valence-electron chi connectivity index (χ4n) is 10.4. The lowest BCUT2D eigenvalue weighted by Gasteiger charge is -2.47. The molecular weight excluding hydrogens is 1160 g/mol. The van der Waals surface area contributed by atoms with Crippen molar-refractivity contribution >= 4 is 17.5 Å². The van der Waals surface area contributed by atoms with Gasteiger partial charge in [-0.25, -0.2) is 0 Å². The minimum Gasteiger partial charge on any atom is -0.393 e. The van der Waals surface area contributed by atoms with Crippen molar-refractivity contribution < 1.29 is 72.6 Å². The molecule has 21 heteroatoms. The van der Waals surface area contributed by atoms with Gasteiger partial charge in [0.05, 0.1) is 82.4 Å². The van der Waals surface area contributed by atoms with Gasteiger partial charge in [-0.15, -0.1) is 0 Å². The molecule has 0 aliphatic heterocycles. The average Bonchev–Trinajstić information content (AvgIpc) is 0.853. The SMILES string of the molecule is CC(=O)NC1CC(C)(C)CC(C)(CC[C@@H](C)O)C1.CC(=O)NCC(C)CC(C)(C)CCC[C@@H](C)O.COCC(C)OCC(C)OC.COCC(CN(C)C)OC.COCC(CN(C)C)OC.COCCN(C)CCOC.Cc1ccc(C[C@H](C)O)cc1N[C@H](C)O. The Morgan fingerprint density at radius 3 is 1.56 bits per heavy atom. The lowest BCUT2D eigenvalue weighted by Crippen LogP contribution is -2.46. The summed E-state index contributed by atoms with van der Waals surface area (Å²) >= 11 is 0. The van der Waals surface area contributed by atoms with E-state index in [0.29, 0.717) is 38.8 Å². The molecule has 21 nitrogen and oxygen atoms in total. The Morgan fingerprint density at radius 2 is 1.16 bits per heavy atom. The molecule has 1 saturated carbocycles. The second-order valence-electron chi connectivity index (χ2n) is 27.6. The second-order valence-corrected chi connectivity index (χ2v) is 27.6. The molecule has 11 atom stereocenters. The number of anilines is 1. The van der Waals surface area contributed by atoms with Crippen LogP contribution in [0.15, 0.2) is 18.2 Å². The van der Waals surface area contributed by atoms with Gasteiger partial charge in [0.15, 0.2) is 0 Å². The molecule has 0 aromatic heterocycles. The summed E-state index contributed by atoms with van der Waals surface area (Å²) in [6.45, 7) is 38.5. The highest BCUT2D eigenvalue weighted by Gasteiger charge is 2.41. The Kier molecular flexibility index (Phi) is 62.5. The number of hydrogen-bond donors (Lipinski definition) is 7. The molecule has 7 unspecified atom stereocenters. The number of rotatable bonds is 38. The van der Waals surface area contributed by atoms with Crippen molar-refractivity contribution in [1.29, 1.82) is 0 Å². The molecule has 1 aliphatic carbocycles. The van der Waals surface area contributed by atoms with E-state index in [1.54, 1.807) is 84.6 Å². The van der Waals surface area contributed by atoms with E-state index in [4.69, 9.17) is 42.6 Å². The molecule has 1 aromatic rings. The van der Waals surface area contributed by atoms with Gasteiger partial charge in [0.25, 0.3) is 0 Å². The first-order valence-electron chi connectivity index (χ1n) is 33.0. The summed E-state index contributed by atoms with van der Waals surface area (Å²) < 4.78 is 45.3. The summed E-state index contributed by atoms with van der Waals surface area (Å²) in [4.78, 5) is 28.4. The number of aliphatic hydroxyl groups is 4. The smallest absolute Gasteiger partial charge is 0.217 e. The lowest BCUT2D eigenvalue weighted by molar-refractivity contribution is -0.121. The maximum Gasteiger partial charge on any atom is 0.217 e. The van der Waals surface area contributed by atoms with Crippen LogP contribution in [0.1, 0.15) is 166 Å². The average molecular weight is 1310 g/mol. The number of likely N-dealkylation sites (N-methyl/N-ethyl adjacent to an activating group) is 3. The number of aliphatic hydroxyl groups excluding tert-OH is 4. The number of nitrogens with one attached hydrogen (secondary N) is 3. The van der Waals surface area contributed by atoms with Gasteiger partial charge in [-0.1, -0.05) is 60.1 Å². The number of aryl methyl sites for hydroxylation is 1. The lowest BCUT2D eigenvalue weighted by atomic mass is 9.61. The predicted octanol–water partition coefficient (Wildman–Crippen LogP) is 8.97. The van der Waals surface area contributed by atoms with Gasteiger partial charge < -0.3 is 93.7 Å². The standard InChI is InChI=1S/C15H29NO2.C14H29NO2.C12H19NO2.C8H18O3.3C7H17NO2/c1-11(17)6-7-15(5)9-13(16-12(2)18)8-14(3,4)10-15;1-11(10-15-13(3)17)9-14(4,5)8-6-7-12(2)16;1-8-4-5-11(6-9(2)14)7-12(8)13-10(3)15;1-7(10-4)6-11-8(2)5-9-3;2*1-8(2)5-7(10-4)6-9-3;1-8(4-6-9-2)5-7-10-3/h11,13,17H,6-10H2,1-5H3,(H,16,18);11-12,16H,6-10H2,1-5H3,(H,15,17);4-5,7,9-10,13-15H,6H2,1-3H3;7-8H,5-6H2,1-4H3;2*7H,5-6H2,1-4H3;4-7H2,1-3H3/t11-,13?,15?;11?,12-;9-,10-;;;;/m110..../s1. The zero-order chi connectivity index (χ0) is 71.3. The van der Waals surface area contributed by atoms with Gasteiger partial charge >= 0.3 is 0 Å². The number of carbonyl (C=O) groups is 2.